The van der Waals surface area contributed by atoms with Gasteiger partial charge in [-0.1, -0.05) is 56.1 Å². The molecule has 14 heteroatoms. The first kappa shape index (κ1) is 39.6. The van der Waals surface area contributed by atoms with Gasteiger partial charge in [-0.15, -0.1) is 0 Å². The van der Waals surface area contributed by atoms with Gasteiger partial charge in [-0.05, 0) is 111 Å². The van der Waals surface area contributed by atoms with Gasteiger partial charge in [0.25, 0.3) is 11.4 Å². The molecule has 4 aliphatic heterocycles. The first-order chi connectivity index (χ1) is 28.5. The summed E-state index contributed by atoms with van der Waals surface area (Å²) in [5.41, 5.74) is 4.07. The molecule has 0 fully saturated rings. The molecule has 5 aromatic carbocycles. The Hall–Kier alpha value is -5.86. The summed E-state index contributed by atoms with van der Waals surface area (Å²) in [6.07, 6.45) is 7.81. The maximum Gasteiger partial charge on any atom is 0.274 e. The summed E-state index contributed by atoms with van der Waals surface area (Å²) in [5.74, 6) is 1.46. The molecule has 0 amide bonds. The summed E-state index contributed by atoms with van der Waals surface area (Å²) in [5, 5.41) is 23.5. The quantitative estimate of drug-likeness (QED) is 0.109. The van der Waals surface area contributed by atoms with E-state index in [4.69, 9.17) is 18.9 Å². The van der Waals surface area contributed by atoms with Gasteiger partial charge < -0.3 is 28.7 Å². The molecule has 0 radical (unpaired) electrons. The number of nitrogens with zero attached hydrogens (tertiary/aromatic N) is 4. The maximum atomic E-state index is 11.8. The van der Waals surface area contributed by atoms with Gasteiger partial charge in [0.2, 0.25) is 11.4 Å². The van der Waals surface area contributed by atoms with Gasteiger partial charge in [0, 0.05) is 56.7 Å². The van der Waals surface area contributed by atoms with Crippen LogP contribution >= 0.6 is 31.9 Å². The molecule has 9 rings (SSSR count). The lowest BCUT2D eigenvalue weighted by atomic mass is 9.76. The van der Waals surface area contributed by atoms with E-state index in [9.17, 15) is 20.2 Å². The SMILES string of the molecule is COc1cc([N+](=O)[O-])cc2c1OC1(C=C2)N(Cc2ccc(CN3c4ccc(Br)cc4C(C)(C)C34C=Cc3cc([N+](=O)[O-])cc(OC)c3O4)cc2)c2ccc(Br)cc2C1(C)C. The van der Waals surface area contributed by atoms with Crippen LogP contribution in [0.15, 0.2) is 106 Å². The van der Waals surface area contributed by atoms with Crippen LogP contribution in [0.5, 0.6) is 23.0 Å². The Balaban J connectivity index is 1.08. The van der Waals surface area contributed by atoms with E-state index in [1.54, 1.807) is 0 Å². The Labute approximate surface area is 363 Å². The van der Waals surface area contributed by atoms with Crippen LogP contribution in [0, 0.1) is 20.2 Å². The van der Waals surface area contributed by atoms with E-state index >= 15 is 0 Å². The molecule has 0 aromatic heterocycles. The summed E-state index contributed by atoms with van der Waals surface area (Å²) in [4.78, 5) is 27.2. The van der Waals surface area contributed by atoms with Crippen LogP contribution in [0.25, 0.3) is 12.2 Å². The van der Waals surface area contributed by atoms with Gasteiger partial charge in [0.05, 0.1) is 47.0 Å². The predicted molar refractivity (Wildman–Crippen MR) is 237 cm³/mol. The number of nitro benzene ring substituents is 2. The molecule has 2 spiro atoms. The van der Waals surface area contributed by atoms with Gasteiger partial charge in [-0.3, -0.25) is 20.2 Å². The largest absolute Gasteiger partial charge is 0.493 e. The summed E-state index contributed by atoms with van der Waals surface area (Å²) < 4.78 is 27.4. The highest BCUT2D eigenvalue weighted by molar-refractivity contribution is 9.10. The van der Waals surface area contributed by atoms with Crippen molar-refractivity contribution in [2.24, 2.45) is 0 Å². The van der Waals surface area contributed by atoms with Crippen molar-refractivity contribution in [3.63, 3.8) is 0 Å². The minimum Gasteiger partial charge on any atom is -0.493 e. The summed E-state index contributed by atoms with van der Waals surface area (Å²) >= 11 is 7.38. The number of non-ortho nitro benzene ring substituents is 2. The molecule has 0 bridgehead atoms. The highest BCUT2D eigenvalue weighted by atomic mass is 79.9. The van der Waals surface area contributed by atoms with E-state index in [2.05, 4.69) is 118 Å². The Bertz CT molecular complexity index is 2530. The first-order valence-corrected chi connectivity index (χ1v) is 20.8. The van der Waals surface area contributed by atoms with E-state index in [0.29, 0.717) is 35.7 Å². The van der Waals surface area contributed by atoms with Crippen molar-refractivity contribution in [1.82, 2.24) is 0 Å². The second kappa shape index (κ2) is 13.8. The smallest absolute Gasteiger partial charge is 0.274 e. The number of anilines is 2. The molecule has 306 valence electrons. The van der Waals surface area contributed by atoms with Crippen molar-refractivity contribution < 1.29 is 28.8 Å². The molecule has 12 nitrogen and oxygen atoms in total. The monoisotopic (exact) mass is 934 g/mol. The highest BCUT2D eigenvalue weighted by Gasteiger charge is 2.61. The van der Waals surface area contributed by atoms with Gasteiger partial charge in [0.15, 0.2) is 23.0 Å². The molecule has 0 saturated carbocycles. The highest BCUT2D eigenvalue weighted by Crippen LogP contribution is 2.59. The Morgan fingerprint density at radius 1 is 0.600 bits per heavy atom. The number of methoxy groups -OCH3 is 2. The van der Waals surface area contributed by atoms with Crippen LogP contribution in [-0.2, 0) is 23.9 Å². The third-order valence-electron chi connectivity index (χ3n) is 12.6. The molecule has 4 aliphatic rings. The average molecular weight is 937 g/mol. The lowest BCUT2D eigenvalue weighted by molar-refractivity contribution is -0.385. The molecule has 0 N–H and O–H groups in total. The third kappa shape index (κ3) is 5.74. The fourth-order valence-corrected chi connectivity index (χ4v) is 10.1. The fourth-order valence-electron chi connectivity index (χ4n) is 9.37. The van der Waals surface area contributed by atoms with Crippen LogP contribution in [0.3, 0.4) is 0 Å². The number of nitro groups is 2. The standard InChI is InChI=1S/C46H40Br2N4O8/c1-43(2)35-21-31(47)11-13-37(35)49(45(43)17-15-29-19-33(51(53)54)23-39(57-5)41(29)59-45)25-27-7-9-28(10-8-27)26-50-38-14-12-32(48)22-36(38)44(3,4)46(50)18-16-30-20-34(52(55)56)24-40(58-6)42(30)60-46/h7-24H,25-26H2,1-6H3. The van der Waals surface area contributed by atoms with Gasteiger partial charge in [-0.25, -0.2) is 0 Å². The van der Waals surface area contributed by atoms with Crippen LogP contribution in [-0.4, -0.2) is 35.5 Å². The maximum absolute atomic E-state index is 11.8. The number of ether oxygens (including phenoxy) is 4. The molecule has 4 heterocycles. The zero-order valence-electron chi connectivity index (χ0n) is 33.6. The number of rotatable bonds is 8. The topological polar surface area (TPSA) is 130 Å². The van der Waals surface area contributed by atoms with Gasteiger partial charge >= 0.3 is 0 Å². The third-order valence-corrected chi connectivity index (χ3v) is 13.6. The lowest BCUT2D eigenvalue weighted by Crippen LogP contribution is -2.59. The second-order valence-corrected chi connectivity index (χ2v) is 18.3. The Morgan fingerprint density at radius 3 is 1.33 bits per heavy atom. The number of fused-ring (bicyclic) bond motifs is 4. The number of halogens is 2. The Morgan fingerprint density at radius 2 is 0.983 bits per heavy atom. The minimum absolute atomic E-state index is 0.0775. The molecular weight excluding hydrogens is 896 g/mol. The van der Waals surface area contributed by atoms with Crippen molar-refractivity contribution in [2.45, 2.75) is 63.1 Å². The predicted octanol–water partition coefficient (Wildman–Crippen LogP) is 11.2. The number of hydrogen-bond acceptors (Lipinski definition) is 10. The molecule has 0 saturated heterocycles. The second-order valence-electron chi connectivity index (χ2n) is 16.5. The van der Waals surface area contributed by atoms with E-state index in [0.717, 1.165) is 42.6 Å². The van der Waals surface area contributed by atoms with Crippen molar-refractivity contribution in [3.8, 4) is 23.0 Å². The number of hydrogen-bond donors (Lipinski definition) is 0. The van der Waals surface area contributed by atoms with Crippen LogP contribution in [0.4, 0.5) is 22.7 Å². The zero-order valence-corrected chi connectivity index (χ0v) is 36.8. The average Bonchev–Trinajstić information content (AvgIpc) is 3.50. The van der Waals surface area contributed by atoms with E-state index in [-0.39, 0.29) is 22.9 Å². The lowest BCUT2D eigenvalue weighted by Gasteiger charge is -2.47. The van der Waals surface area contributed by atoms with Crippen molar-refractivity contribution in [3.05, 3.63) is 160 Å². The zero-order chi connectivity index (χ0) is 42.5. The fraction of sp³-hybridized carbons (Fsp3) is 0.261. The molecule has 2 atom stereocenters. The van der Waals surface area contributed by atoms with E-state index in [1.165, 1.54) is 38.5 Å². The van der Waals surface area contributed by atoms with E-state index in [1.807, 2.05) is 36.4 Å². The molecular formula is C46H40Br2N4O8. The molecule has 0 aliphatic carbocycles. The van der Waals surface area contributed by atoms with Crippen LogP contribution in [0.2, 0.25) is 0 Å². The minimum atomic E-state index is -1.01. The number of benzene rings is 5. The molecule has 60 heavy (non-hydrogen) atoms. The molecule has 2 unspecified atom stereocenters. The van der Waals surface area contributed by atoms with Crippen LogP contribution < -0.4 is 28.7 Å². The normalized spacial score (nSPS) is 20.9. The van der Waals surface area contributed by atoms with E-state index < -0.39 is 32.1 Å². The van der Waals surface area contributed by atoms with Crippen molar-refractivity contribution in [2.75, 3.05) is 24.0 Å². The summed E-state index contributed by atoms with van der Waals surface area (Å²) in [6, 6.07) is 26.8. The van der Waals surface area contributed by atoms with Gasteiger partial charge in [0.1, 0.15) is 0 Å². The van der Waals surface area contributed by atoms with Crippen molar-refractivity contribution in [1.29, 1.82) is 0 Å². The van der Waals surface area contributed by atoms with Crippen molar-refractivity contribution >= 4 is 66.8 Å². The summed E-state index contributed by atoms with van der Waals surface area (Å²) in [7, 11) is 2.98. The van der Waals surface area contributed by atoms with Crippen LogP contribution in [0.1, 0.15) is 61.1 Å². The first-order valence-electron chi connectivity index (χ1n) is 19.3. The van der Waals surface area contributed by atoms with Gasteiger partial charge in [-0.2, -0.15) is 0 Å². The molecule has 5 aromatic rings. The Kier molecular flexibility index (Phi) is 9.14. The summed E-state index contributed by atoms with van der Waals surface area (Å²) in [6.45, 7) is 9.56.